The van der Waals surface area contributed by atoms with Gasteiger partial charge in [-0.25, -0.2) is 0 Å². The number of ether oxygens (including phenoxy) is 1. The molecule has 0 aromatic heterocycles. The van der Waals surface area contributed by atoms with E-state index in [0.29, 0.717) is 18.2 Å². The summed E-state index contributed by atoms with van der Waals surface area (Å²) in [5.74, 6) is 0.930. The van der Waals surface area contributed by atoms with E-state index in [1.807, 2.05) is 31.2 Å². The van der Waals surface area contributed by atoms with Crippen LogP contribution in [0.15, 0.2) is 24.3 Å². The molecular formula is C16H25NO3. The number of rotatable bonds is 9. The zero-order valence-corrected chi connectivity index (χ0v) is 12.4. The van der Waals surface area contributed by atoms with Crippen LogP contribution < -0.4 is 10.1 Å². The van der Waals surface area contributed by atoms with E-state index in [-0.39, 0.29) is 19.1 Å². The van der Waals surface area contributed by atoms with Crippen LogP contribution in [0.4, 0.5) is 0 Å². The fourth-order valence-electron chi connectivity index (χ4n) is 2.10. The second kappa shape index (κ2) is 9.37. The normalized spacial score (nSPS) is 11.9. The molecule has 0 aliphatic heterocycles. The number of hydrogen-bond acceptors (Lipinski definition) is 3. The molecular weight excluding hydrogens is 254 g/mol. The first-order valence-corrected chi connectivity index (χ1v) is 7.22. The molecule has 0 radical (unpaired) electrons. The van der Waals surface area contributed by atoms with Crippen molar-refractivity contribution in [1.29, 1.82) is 0 Å². The zero-order valence-electron chi connectivity index (χ0n) is 12.4. The maximum absolute atomic E-state index is 11.7. The molecule has 0 aliphatic carbocycles. The molecule has 0 spiro atoms. The Labute approximate surface area is 121 Å². The first-order valence-electron chi connectivity index (χ1n) is 7.22. The van der Waals surface area contributed by atoms with Gasteiger partial charge in [0.25, 0.3) is 5.91 Å². The van der Waals surface area contributed by atoms with Gasteiger partial charge in [-0.1, -0.05) is 25.5 Å². The molecule has 0 heterocycles. The van der Waals surface area contributed by atoms with Crippen molar-refractivity contribution in [2.24, 2.45) is 5.92 Å². The highest BCUT2D eigenvalue weighted by atomic mass is 16.5. The number of carbonyl (C=O) groups excluding carboxylic acids is 1. The minimum Gasteiger partial charge on any atom is -0.484 e. The van der Waals surface area contributed by atoms with Gasteiger partial charge in [0.1, 0.15) is 5.75 Å². The molecule has 0 fully saturated rings. The van der Waals surface area contributed by atoms with Crippen molar-refractivity contribution in [3.8, 4) is 5.75 Å². The minimum atomic E-state index is -0.120. The Bertz CT molecular complexity index is 400. The quantitative estimate of drug-likeness (QED) is 0.729. The number of amides is 1. The van der Waals surface area contributed by atoms with Crippen LogP contribution in [0, 0.1) is 12.8 Å². The van der Waals surface area contributed by atoms with E-state index >= 15 is 0 Å². The molecule has 1 atom stereocenters. The number of aliphatic hydroxyl groups excluding tert-OH is 1. The summed E-state index contributed by atoms with van der Waals surface area (Å²) in [5, 5.41) is 11.8. The van der Waals surface area contributed by atoms with Gasteiger partial charge in [-0.15, -0.1) is 0 Å². The molecule has 0 aliphatic rings. The highest BCUT2D eigenvalue weighted by Gasteiger charge is 2.09. The van der Waals surface area contributed by atoms with Crippen LogP contribution in [0.25, 0.3) is 0 Å². The highest BCUT2D eigenvalue weighted by molar-refractivity contribution is 5.77. The number of aliphatic hydroxyl groups is 1. The van der Waals surface area contributed by atoms with Gasteiger partial charge in [0.15, 0.2) is 6.61 Å². The molecule has 4 nitrogen and oxygen atoms in total. The van der Waals surface area contributed by atoms with Gasteiger partial charge in [0.05, 0.1) is 0 Å². The van der Waals surface area contributed by atoms with Crippen molar-refractivity contribution in [3.05, 3.63) is 29.8 Å². The standard InChI is InChI=1S/C16H25NO3/c1-3-5-14(8-9-18)11-17-16(19)12-20-15-7-4-6-13(2)10-15/h4,6-7,10,14,18H,3,5,8-9,11-12H2,1-2H3,(H,17,19). The van der Waals surface area contributed by atoms with Crippen molar-refractivity contribution >= 4 is 5.91 Å². The Morgan fingerprint density at radius 2 is 2.20 bits per heavy atom. The lowest BCUT2D eigenvalue weighted by molar-refractivity contribution is -0.123. The molecule has 4 heteroatoms. The number of hydrogen-bond donors (Lipinski definition) is 2. The second-order valence-corrected chi connectivity index (χ2v) is 5.08. The van der Waals surface area contributed by atoms with E-state index in [1.165, 1.54) is 0 Å². The van der Waals surface area contributed by atoms with Crippen molar-refractivity contribution < 1.29 is 14.6 Å². The van der Waals surface area contributed by atoms with Gasteiger partial charge < -0.3 is 15.2 Å². The molecule has 1 amide bonds. The van der Waals surface area contributed by atoms with Gasteiger partial charge >= 0.3 is 0 Å². The summed E-state index contributed by atoms with van der Waals surface area (Å²) in [5.41, 5.74) is 1.11. The van der Waals surface area contributed by atoms with E-state index in [0.717, 1.165) is 24.8 Å². The molecule has 0 bridgehead atoms. The summed E-state index contributed by atoms with van der Waals surface area (Å²) < 4.78 is 5.44. The molecule has 2 N–H and O–H groups in total. The lowest BCUT2D eigenvalue weighted by Crippen LogP contribution is -2.33. The fraction of sp³-hybridized carbons (Fsp3) is 0.562. The Balaban J connectivity index is 2.29. The third-order valence-corrected chi connectivity index (χ3v) is 3.18. The smallest absolute Gasteiger partial charge is 0.257 e. The maximum atomic E-state index is 11.7. The predicted molar refractivity (Wildman–Crippen MR) is 79.8 cm³/mol. The van der Waals surface area contributed by atoms with Crippen molar-refractivity contribution in [2.75, 3.05) is 19.8 Å². The van der Waals surface area contributed by atoms with E-state index < -0.39 is 0 Å². The van der Waals surface area contributed by atoms with Crippen LogP contribution in [0.2, 0.25) is 0 Å². The van der Waals surface area contributed by atoms with Crippen LogP contribution in [0.5, 0.6) is 5.75 Å². The fourth-order valence-corrected chi connectivity index (χ4v) is 2.10. The SMILES string of the molecule is CCCC(CCO)CNC(=O)COc1cccc(C)c1. The Kier molecular flexibility index (Phi) is 7.73. The second-order valence-electron chi connectivity index (χ2n) is 5.08. The van der Waals surface area contributed by atoms with E-state index in [1.54, 1.807) is 0 Å². The topological polar surface area (TPSA) is 58.6 Å². The number of benzene rings is 1. The van der Waals surface area contributed by atoms with E-state index in [2.05, 4.69) is 12.2 Å². The summed E-state index contributed by atoms with van der Waals surface area (Å²) in [6.07, 6.45) is 2.80. The van der Waals surface area contributed by atoms with Crippen LogP contribution in [0.3, 0.4) is 0 Å². The summed E-state index contributed by atoms with van der Waals surface area (Å²) >= 11 is 0. The maximum Gasteiger partial charge on any atom is 0.257 e. The first-order chi connectivity index (χ1) is 9.65. The largest absolute Gasteiger partial charge is 0.484 e. The number of carbonyl (C=O) groups is 1. The molecule has 20 heavy (non-hydrogen) atoms. The van der Waals surface area contributed by atoms with Crippen LogP contribution in [-0.4, -0.2) is 30.8 Å². The Morgan fingerprint density at radius 1 is 1.40 bits per heavy atom. The monoisotopic (exact) mass is 279 g/mol. The van der Waals surface area contributed by atoms with Crippen LogP contribution in [-0.2, 0) is 4.79 Å². The average molecular weight is 279 g/mol. The lowest BCUT2D eigenvalue weighted by Gasteiger charge is -2.15. The third-order valence-electron chi connectivity index (χ3n) is 3.18. The number of aryl methyl sites for hydroxylation is 1. The molecule has 1 aromatic rings. The zero-order chi connectivity index (χ0) is 14.8. The van der Waals surface area contributed by atoms with Gasteiger partial charge in [-0.3, -0.25) is 4.79 Å². The van der Waals surface area contributed by atoms with Crippen molar-refractivity contribution in [3.63, 3.8) is 0 Å². The molecule has 1 aromatic carbocycles. The van der Waals surface area contributed by atoms with Crippen molar-refractivity contribution in [2.45, 2.75) is 33.1 Å². The molecule has 1 unspecified atom stereocenters. The van der Waals surface area contributed by atoms with E-state index in [4.69, 9.17) is 9.84 Å². The van der Waals surface area contributed by atoms with Crippen LogP contribution >= 0.6 is 0 Å². The molecule has 0 saturated heterocycles. The Hall–Kier alpha value is -1.55. The van der Waals surface area contributed by atoms with Gasteiger partial charge in [0.2, 0.25) is 0 Å². The van der Waals surface area contributed by atoms with Crippen molar-refractivity contribution in [1.82, 2.24) is 5.32 Å². The molecule has 112 valence electrons. The average Bonchev–Trinajstić information content (AvgIpc) is 2.43. The van der Waals surface area contributed by atoms with E-state index in [9.17, 15) is 4.79 Å². The minimum absolute atomic E-state index is 0.0292. The van der Waals surface area contributed by atoms with Gasteiger partial charge in [0, 0.05) is 13.2 Å². The summed E-state index contributed by atoms with van der Waals surface area (Å²) in [7, 11) is 0. The van der Waals surface area contributed by atoms with Gasteiger partial charge in [-0.05, 0) is 43.4 Å². The van der Waals surface area contributed by atoms with Crippen LogP contribution in [0.1, 0.15) is 31.7 Å². The van der Waals surface area contributed by atoms with Gasteiger partial charge in [-0.2, -0.15) is 0 Å². The number of nitrogens with one attached hydrogen (secondary N) is 1. The third kappa shape index (κ3) is 6.57. The summed E-state index contributed by atoms with van der Waals surface area (Å²) in [6.45, 7) is 4.89. The highest BCUT2D eigenvalue weighted by Crippen LogP contribution is 2.12. The molecule has 0 saturated carbocycles. The summed E-state index contributed by atoms with van der Waals surface area (Å²) in [6, 6.07) is 7.63. The Morgan fingerprint density at radius 3 is 2.85 bits per heavy atom. The lowest BCUT2D eigenvalue weighted by atomic mass is 10.0. The predicted octanol–water partition coefficient (Wildman–Crippen LogP) is 2.29. The summed E-state index contributed by atoms with van der Waals surface area (Å²) in [4.78, 5) is 11.7. The first kappa shape index (κ1) is 16.5. The molecule has 1 rings (SSSR count).